The fourth-order valence-electron chi connectivity index (χ4n) is 1.21. The molecule has 0 radical (unpaired) electrons. The standard InChI is InChI=1S/C7H9BrN4O6S/c1-12-6(5(8)9-11-12)19(17,18)10-3(7(15)16)2-4(13)14/h3,10H,2H2,1H3,(H,13,14)(H,15,16)/t3-/m1/s1. The van der Waals surface area contributed by atoms with E-state index in [0.29, 0.717) is 0 Å². The lowest BCUT2D eigenvalue weighted by Crippen LogP contribution is -2.42. The van der Waals surface area contributed by atoms with Crippen LogP contribution < -0.4 is 4.72 Å². The van der Waals surface area contributed by atoms with Gasteiger partial charge in [-0.3, -0.25) is 9.59 Å². The molecule has 19 heavy (non-hydrogen) atoms. The van der Waals surface area contributed by atoms with Crippen LogP contribution in [0.3, 0.4) is 0 Å². The zero-order valence-electron chi connectivity index (χ0n) is 9.44. The Kier molecular flexibility index (Phi) is 4.60. The number of aromatic nitrogens is 3. The predicted molar refractivity (Wildman–Crippen MR) is 62.7 cm³/mol. The van der Waals surface area contributed by atoms with Crippen molar-refractivity contribution in [2.24, 2.45) is 7.05 Å². The second kappa shape index (κ2) is 5.63. The van der Waals surface area contributed by atoms with Gasteiger partial charge in [-0.05, 0) is 15.9 Å². The van der Waals surface area contributed by atoms with Crippen LogP contribution in [0.4, 0.5) is 0 Å². The molecule has 3 N–H and O–H groups in total. The minimum atomic E-state index is -4.27. The highest BCUT2D eigenvalue weighted by atomic mass is 79.9. The second-order valence-electron chi connectivity index (χ2n) is 3.42. The number of nitrogens with one attached hydrogen (secondary N) is 1. The normalized spacial score (nSPS) is 13.2. The first-order chi connectivity index (χ1) is 8.65. The molecule has 0 aromatic carbocycles. The van der Waals surface area contributed by atoms with Crippen LogP contribution in [0.15, 0.2) is 9.63 Å². The molecule has 1 atom stereocenters. The molecule has 1 rings (SSSR count). The minimum absolute atomic E-state index is 0.109. The van der Waals surface area contributed by atoms with Gasteiger partial charge in [-0.1, -0.05) is 5.21 Å². The van der Waals surface area contributed by atoms with Gasteiger partial charge in [-0.2, -0.15) is 4.72 Å². The van der Waals surface area contributed by atoms with Crippen molar-refractivity contribution in [2.75, 3.05) is 0 Å². The van der Waals surface area contributed by atoms with Crippen LogP contribution in [-0.4, -0.2) is 51.6 Å². The summed E-state index contributed by atoms with van der Waals surface area (Å²) < 4.78 is 26.4. The number of aryl methyl sites for hydroxylation is 1. The molecule has 0 unspecified atom stereocenters. The van der Waals surface area contributed by atoms with Gasteiger partial charge in [0, 0.05) is 7.05 Å². The molecule has 1 heterocycles. The number of carbonyl (C=O) groups is 2. The Morgan fingerprint density at radius 2 is 2.05 bits per heavy atom. The zero-order chi connectivity index (χ0) is 14.8. The Labute approximate surface area is 115 Å². The monoisotopic (exact) mass is 356 g/mol. The van der Waals surface area contributed by atoms with E-state index in [2.05, 4.69) is 26.2 Å². The second-order valence-corrected chi connectivity index (χ2v) is 5.80. The largest absolute Gasteiger partial charge is 0.481 e. The number of hydrogen-bond donors (Lipinski definition) is 3. The van der Waals surface area contributed by atoms with Gasteiger partial charge in [0.05, 0.1) is 6.42 Å². The van der Waals surface area contributed by atoms with E-state index in [4.69, 9.17) is 10.2 Å². The van der Waals surface area contributed by atoms with Gasteiger partial charge in [0.15, 0.2) is 4.60 Å². The molecule has 1 aromatic heterocycles. The third-order valence-corrected chi connectivity index (χ3v) is 4.32. The average Bonchev–Trinajstić information content (AvgIpc) is 2.56. The predicted octanol–water partition coefficient (Wildman–Crippen LogP) is -1.22. The Morgan fingerprint density at radius 1 is 1.47 bits per heavy atom. The number of aliphatic carboxylic acids is 2. The van der Waals surface area contributed by atoms with E-state index in [1.807, 2.05) is 0 Å². The summed E-state index contributed by atoms with van der Waals surface area (Å²) in [5.74, 6) is -3.05. The maximum absolute atomic E-state index is 11.9. The molecule has 0 saturated heterocycles. The van der Waals surface area contributed by atoms with Gasteiger partial charge < -0.3 is 10.2 Å². The number of carboxylic acids is 2. The van der Waals surface area contributed by atoms with E-state index in [0.717, 1.165) is 4.68 Å². The van der Waals surface area contributed by atoms with Gasteiger partial charge in [-0.25, -0.2) is 13.1 Å². The van der Waals surface area contributed by atoms with Crippen LogP contribution in [0, 0.1) is 0 Å². The first-order valence-corrected chi connectivity index (χ1v) is 6.95. The molecule has 0 amide bonds. The van der Waals surface area contributed by atoms with Crippen molar-refractivity contribution in [3.05, 3.63) is 4.60 Å². The van der Waals surface area contributed by atoms with Crippen LogP contribution in [0.5, 0.6) is 0 Å². The summed E-state index contributed by atoms with van der Waals surface area (Å²) in [5.41, 5.74) is 0. The van der Waals surface area contributed by atoms with Gasteiger partial charge >= 0.3 is 11.9 Å². The van der Waals surface area contributed by atoms with E-state index in [-0.39, 0.29) is 4.60 Å². The number of halogens is 1. The van der Waals surface area contributed by atoms with E-state index < -0.39 is 39.5 Å². The van der Waals surface area contributed by atoms with E-state index in [1.165, 1.54) is 7.05 Å². The molecule has 12 heteroatoms. The molecule has 0 bridgehead atoms. The van der Waals surface area contributed by atoms with Crippen molar-refractivity contribution >= 4 is 37.9 Å². The summed E-state index contributed by atoms with van der Waals surface area (Å²) in [6.45, 7) is 0. The maximum Gasteiger partial charge on any atom is 0.322 e. The summed E-state index contributed by atoms with van der Waals surface area (Å²) in [4.78, 5) is 21.3. The van der Waals surface area contributed by atoms with Crippen molar-refractivity contribution in [1.82, 2.24) is 19.7 Å². The smallest absolute Gasteiger partial charge is 0.322 e. The van der Waals surface area contributed by atoms with Crippen LogP contribution in [0.1, 0.15) is 6.42 Å². The Hall–Kier alpha value is -1.53. The summed E-state index contributed by atoms with van der Waals surface area (Å²) in [6, 6.07) is -1.79. The van der Waals surface area contributed by atoms with Gasteiger partial charge in [0.1, 0.15) is 6.04 Å². The van der Waals surface area contributed by atoms with Crippen molar-refractivity contribution in [2.45, 2.75) is 17.5 Å². The Balaban J connectivity index is 3.08. The highest BCUT2D eigenvalue weighted by Crippen LogP contribution is 2.18. The zero-order valence-corrected chi connectivity index (χ0v) is 11.8. The van der Waals surface area contributed by atoms with E-state index >= 15 is 0 Å². The first-order valence-electron chi connectivity index (χ1n) is 4.67. The van der Waals surface area contributed by atoms with Gasteiger partial charge in [-0.15, -0.1) is 5.10 Å². The Bertz CT molecular complexity index is 592. The van der Waals surface area contributed by atoms with E-state index in [1.54, 1.807) is 4.72 Å². The number of sulfonamides is 1. The fraction of sp³-hybridized carbons (Fsp3) is 0.429. The highest BCUT2D eigenvalue weighted by molar-refractivity contribution is 9.10. The minimum Gasteiger partial charge on any atom is -0.481 e. The van der Waals surface area contributed by atoms with Crippen LogP contribution in [-0.2, 0) is 26.7 Å². The number of hydrogen-bond acceptors (Lipinski definition) is 6. The quantitative estimate of drug-likeness (QED) is 0.573. The third-order valence-electron chi connectivity index (χ3n) is 1.97. The number of nitrogens with zero attached hydrogens (tertiary/aromatic N) is 3. The molecule has 0 aliphatic carbocycles. The molecule has 106 valence electrons. The number of carboxylic acid groups (broad SMARTS) is 2. The lowest BCUT2D eigenvalue weighted by Gasteiger charge is -2.12. The molecule has 0 aliphatic heterocycles. The van der Waals surface area contributed by atoms with Crippen molar-refractivity contribution < 1.29 is 28.2 Å². The summed E-state index contributed by atoms with van der Waals surface area (Å²) in [5, 5.41) is 23.8. The third kappa shape index (κ3) is 3.71. The molecule has 0 aliphatic rings. The fourth-order valence-corrected chi connectivity index (χ4v) is 3.49. The van der Waals surface area contributed by atoms with Crippen molar-refractivity contribution in [3.63, 3.8) is 0 Å². The van der Waals surface area contributed by atoms with E-state index in [9.17, 15) is 18.0 Å². The molecule has 1 aromatic rings. The molecule has 0 saturated carbocycles. The summed E-state index contributed by atoms with van der Waals surface area (Å²) in [7, 11) is -2.98. The molecule has 0 fully saturated rings. The molecular weight excluding hydrogens is 348 g/mol. The van der Waals surface area contributed by atoms with Gasteiger partial charge in [0.25, 0.3) is 10.0 Å². The SMILES string of the molecule is Cn1nnc(Br)c1S(=O)(=O)N[C@H](CC(=O)O)C(=O)O. The van der Waals surface area contributed by atoms with Crippen molar-refractivity contribution in [3.8, 4) is 0 Å². The number of rotatable bonds is 6. The van der Waals surface area contributed by atoms with Crippen LogP contribution >= 0.6 is 15.9 Å². The average molecular weight is 357 g/mol. The van der Waals surface area contributed by atoms with Crippen molar-refractivity contribution in [1.29, 1.82) is 0 Å². The Morgan fingerprint density at radius 3 is 2.42 bits per heavy atom. The summed E-state index contributed by atoms with van der Waals surface area (Å²) >= 11 is 2.85. The van der Waals surface area contributed by atoms with Crippen LogP contribution in [0.25, 0.3) is 0 Å². The summed E-state index contributed by atoms with van der Waals surface area (Å²) in [6.07, 6.45) is -0.891. The molecule has 10 nitrogen and oxygen atoms in total. The lowest BCUT2D eigenvalue weighted by molar-refractivity contribution is -0.145. The van der Waals surface area contributed by atoms with Gasteiger partial charge in [0.2, 0.25) is 5.03 Å². The molecular formula is C7H9BrN4O6S. The molecule has 0 spiro atoms. The topological polar surface area (TPSA) is 151 Å². The highest BCUT2D eigenvalue weighted by Gasteiger charge is 2.31. The maximum atomic E-state index is 11.9. The van der Waals surface area contributed by atoms with Crippen LogP contribution in [0.2, 0.25) is 0 Å². The lowest BCUT2D eigenvalue weighted by atomic mass is 10.2. The first kappa shape index (κ1) is 15.5.